The minimum absolute atomic E-state index is 0.185. The third kappa shape index (κ3) is 5.46. The molecule has 1 aromatic heterocycles. The molecule has 1 fully saturated rings. The number of thiocarbonyl (C=S) groups is 1. The van der Waals surface area contributed by atoms with Gasteiger partial charge in [0.2, 0.25) is 5.95 Å². The molecule has 0 amide bonds. The molecule has 1 aliphatic rings. The molecule has 0 aliphatic heterocycles. The maximum absolute atomic E-state index is 5.57. The number of hydrogen-bond acceptors (Lipinski definition) is 5. The van der Waals surface area contributed by atoms with E-state index in [1.165, 1.54) is 5.56 Å². The Labute approximate surface area is 195 Å². The molecule has 1 saturated carbocycles. The molecule has 1 aliphatic carbocycles. The van der Waals surface area contributed by atoms with Crippen molar-refractivity contribution in [1.29, 1.82) is 0 Å². The van der Waals surface area contributed by atoms with Gasteiger partial charge in [0.1, 0.15) is 5.82 Å². The van der Waals surface area contributed by atoms with E-state index in [2.05, 4.69) is 53.2 Å². The molecule has 0 saturated heterocycles. The lowest BCUT2D eigenvalue weighted by atomic mass is 9.91. The Morgan fingerprint density at radius 3 is 2.31 bits per heavy atom. The molecule has 168 valence electrons. The number of rotatable bonds is 6. The van der Waals surface area contributed by atoms with Crippen LogP contribution in [0.4, 0.5) is 11.8 Å². The molecule has 1 atom stereocenters. The molecule has 3 aromatic rings. The number of hydrogen-bond donors (Lipinski definition) is 3. The van der Waals surface area contributed by atoms with Crippen LogP contribution in [-0.2, 0) is 0 Å². The van der Waals surface area contributed by atoms with Crippen LogP contribution in [-0.4, -0.2) is 41.3 Å². The Balaban J connectivity index is 1.30. The number of benzene rings is 2. The first-order valence-electron chi connectivity index (χ1n) is 11.3. The molecule has 6 nitrogen and oxygen atoms in total. The highest BCUT2D eigenvalue weighted by Gasteiger charge is 2.23. The van der Waals surface area contributed by atoms with E-state index >= 15 is 0 Å². The summed E-state index contributed by atoms with van der Waals surface area (Å²) in [5, 5.41) is 12.3. The minimum Gasteiger partial charge on any atom is -0.362 e. The molecule has 3 N–H and O–H groups in total. The third-order valence-electron chi connectivity index (χ3n) is 6.05. The van der Waals surface area contributed by atoms with Crippen LogP contribution in [0.15, 0.2) is 54.6 Å². The molecule has 1 heterocycles. The Hall–Kier alpha value is -2.93. The SMILES string of the molecule is C[C@@H](NC(=S)NC1CCC(Nc2nc(N(C)C)c3ccccc3n2)CC1)c1ccccc1. The summed E-state index contributed by atoms with van der Waals surface area (Å²) in [4.78, 5) is 11.6. The third-order valence-corrected chi connectivity index (χ3v) is 6.29. The molecular weight excluding hydrogens is 416 g/mol. The lowest BCUT2D eigenvalue weighted by Gasteiger charge is -2.31. The number of nitrogens with zero attached hydrogens (tertiary/aromatic N) is 3. The van der Waals surface area contributed by atoms with Crippen molar-refractivity contribution in [3.8, 4) is 0 Å². The van der Waals surface area contributed by atoms with E-state index in [1.807, 2.05) is 43.3 Å². The van der Waals surface area contributed by atoms with Crippen LogP contribution < -0.4 is 20.9 Å². The van der Waals surface area contributed by atoms with Gasteiger partial charge in [0, 0.05) is 31.6 Å². The van der Waals surface area contributed by atoms with Gasteiger partial charge in [-0.15, -0.1) is 0 Å². The first-order chi connectivity index (χ1) is 15.5. The highest BCUT2D eigenvalue weighted by Crippen LogP contribution is 2.26. The summed E-state index contributed by atoms with van der Waals surface area (Å²) in [6, 6.07) is 19.5. The van der Waals surface area contributed by atoms with Crippen molar-refractivity contribution in [2.45, 2.75) is 50.7 Å². The summed E-state index contributed by atoms with van der Waals surface area (Å²) < 4.78 is 0. The Bertz CT molecular complexity index is 1050. The van der Waals surface area contributed by atoms with E-state index in [0.29, 0.717) is 18.0 Å². The summed E-state index contributed by atoms with van der Waals surface area (Å²) in [7, 11) is 4.04. The van der Waals surface area contributed by atoms with E-state index in [9.17, 15) is 0 Å². The van der Waals surface area contributed by atoms with E-state index in [1.54, 1.807) is 0 Å². The average molecular weight is 449 g/mol. The van der Waals surface area contributed by atoms with Gasteiger partial charge in [-0.05, 0) is 62.5 Å². The van der Waals surface area contributed by atoms with E-state index in [-0.39, 0.29) is 6.04 Å². The number of nitrogens with one attached hydrogen (secondary N) is 3. The molecule has 0 bridgehead atoms. The topological polar surface area (TPSA) is 65.1 Å². The Morgan fingerprint density at radius 1 is 0.938 bits per heavy atom. The standard InChI is InChI=1S/C25H32N6S/c1-17(18-9-5-4-6-10-18)26-25(32)28-20-15-13-19(14-16-20)27-24-29-22-12-8-7-11-21(22)23(30-24)31(2)3/h4-12,17,19-20H,13-16H2,1-3H3,(H2,26,28,32)(H,27,29,30)/t17-,19?,20?/m1/s1. The fourth-order valence-corrected chi connectivity index (χ4v) is 4.62. The van der Waals surface area contributed by atoms with Crippen LogP contribution in [0.5, 0.6) is 0 Å². The van der Waals surface area contributed by atoms with Gasteiger partial charge < -0.3 is 20.9 Å². The fourth-order valence-electron chi connectivity index (χ4n) is 4.28. The summed E-state index contributed by atoms with van der Waals surface area (Å²) in [6.07, 6.45) is 4.24. The van der Waals surface area contributed by atoms with Crippen molar-refractivity contribution < 1.29 is 0 Å². The first-order valence-corrected chi connectivity index (χ1v) is 11.7. The van der Waals surface area contributed by atoms with Gasteiger partial charge in [-0.3, -0.25) is 0 Å². The van der Waals surface area contributed by atoms with Gasteiger partial charge in [0.25, 0.3) is 0 Å². The quantitative estimate of drug-likeness (QED) is 0.475. The van der Waals surface area contributed by atoms with Crippen molar-refractivity contribution in [2.24, 2.45) is 0 Å². The molecule has 0 unspecified atom stereocenters. The summed E-state index contributed by atoms with van der Waals surface area (Å²) >= 11 is 5.57. The number of para-hydroxylation sites is 1. The summed E-state index contributed by atoms with van der Waals surface area (Å²) in [6.45, 7) is 2.13. The van der Waals surface area contributed by atoms with Crippen molar-refractivity contribution in [3.05, 3.63) is 60.2 Å². The molecule has 7 heteroatoms. The Morgan fingerprint density at radius 2 is 1.59 bits per heavy atom. The van der Waals surface area contributed by atoms with Crippen LogP contribution in [0.2, 0.25) is 0 Å². The zero-order valence-corrected chi connectivity index (χ0v) is 19.8. The second kappa shape index (κ2) is 10.1. The average Bonchev–Trinajstić information content (AvgIpc) is 2.80. The fraction of sp³-hybridized carbons (Fsp3) is 0.400. The van der Waals surface area contributed by atoms with E-state index in [4.69, 9.17) is 22.2 Å². The molecule has 4 rings (SSSR count). The van der Waals surface area contributed by atoms with Crippen molar-refractivity contribution >= 4 is 40.0 Å². The second-order valence-electron chi connectivity index (χ2n) is 8.73. The first kappa shape index (κ1) is 22.3. The lowest BCUT2D eigenvalue weighted by molar-refractivity contribution is 0.384. The minimum atomic E-state index is 0.185. The Kier molecular flexibility index (Phi) is 7.05. The van der Waals surface area contributed by atoms with Crippen molar-refractivity contribution in [1.82, 2.24) is 20.6 Å². The maximum atomic E-state index is 5.57. The normalized spacial score (nSPS) is 19.2. The van der Waals surface area contributed by atoms with Crippen LogP contribution in [0.3, 0.4) is 0 Å². The van der Waals surface area contributed by atoms with E-state index in [0.717, 1.165) is 47.5 Å². The number of aromatic nitrogens is 2. The molecule has 0 spiro atoms. The van der Waals surface area contributed by atoms with Crippen LogP contribution in [0, 0.1) is 0 Å². The molecular formula is C25H32N6S. The van der Waals surface area contributed by atoms with Gasteiger partial charge in [-0.1, -0.05) is 42.5 Å². The van der Waals surface area contributed by atoms with Gasteiger partial charge in [0.05, 0.1) is 11.6 Å². The number of anilines is 2. The van der Waals surface area contributed by atoms with Gasteiger partial charge in [-0.2, -0.15) is 4.98 Å². The largest absolute Gasteiger partial charge is 0.362 e. The molecule has 0 radical (unpaired) electrons. The van der Waals surface area contributed by atoms with Crippen LogP contribution in [0.25, 0.3) is 10.9 Å². The van der Waals surface area contributed by atoms with E-state index < -0.39 is 0 Å². The summed E-state index contributed by atoms with van der Waals surface area (Å²) in [5.41, 5.74) is 2.20. The second-order valence-corrected chi connectivity index (χ2v) is 9.13. The lowest BCUT2D eigenvalue weighted by Crippen LogP contribution is -2.45. The highest BCUT2D eigenvalue weighted by atomic mass is 32.1. The van der Waals surface area contributed by atoms with Crippen molar-refractivity contribution in [3.63, 3.8) is 0 Å². The highest BCUT2D eigenvalue weighted by molar-refractivity contribution is 7.80. The predicted octanol–water partition coefficient (Wildman–Crippen LogP) is 4.64. The molecule has 2 aromatic carbocycles. The maximum Gasteiger partial charge on any atom is 0.225 e. The zero-order chi connectivity index (χ0) is 22.5. The zero-order valence-electron chi connectivity index (χ0n) is 19.0. The van der Waals surface area contributed by atoms with Gasteiger partial charge in [-0.25, -0.2) is 4.98 Å². The number of fused-ring (bicyclic) bond motifs is 1. The van der Waals surface area contributed by atoms with Crippen molar-refractivity contribution in [2.75, 3.05) is 24.3 Å². The smallest absolute Gasteiger partial charge is 0.225 e. The summed E-state index contributed by atoms with van der Waals surface area (Å²) in [5.74, 6) is 1.65. The monoisotopic (exact) mass is 448 g/mol. The van der Waals surface area contributed by atoms with Gasteiger partial charge in [0.15, 0.2) is 5.11 Å². The van der Waals surface area contributed by atoms with Crippen LogP contribution in [0.1, 0.15) is 44.2 Å². The van der Waals surface area contributed by atoms with Crippen LogP contribution >= 0.6 is 12.2 Å². The van der Waals surface area contributed by atoms with Gasteiger partial charge >= 0.3 is 0 Å². The predicted molar refractivity (Wildman–Crippen MR) is 137 cm³/mol. The molecule has 32 heavy (non-hydrogen) atoms.